The van der Waals surface area contributed by atoms with Crippen molar-refractivity contribution in [2.24, 2.45) is 0 Å². The summed E-state index contributed by atoms with van der Waals surface area (Å²) in [7, 11) is -3.95. The van der Waals surface area contributed by atoms with Crippen LogP contribution in [0.5, 0.6) is 0 Å². The van der Waals surface area contributed by atoms with Crippen molar-refractivity contribution in [1.82, 2.24) is 9.21 Å². The van der Waals surface area contributed by atoms with Crippen LogP contribution in [0.15, 0.2) is 46.2 Å². The topological polar surface area (TPSA) is 57.7 Å². The van der Waals surface area contributed by atoms with Gasteiger partial charge in [0.1, 0.15) is 0 Å². The maximum atomic E-state index is 13.4. The molecule has 1 amide bonds. The quantitative estimate of drug-likeness (QED) is 0.705. The van der Waals surface area contributed by atoms with Gasteiger partial charge in [-0.1, -0.05) is 6.07 Å². The number of halogens is 2. The number of benzene rings is 2. The molecule has 0 aliphatic carbocycles. The Labute approximate surface area is 167 Å². The van der Waals surface area contributed by atoms with E-state index in [4.69, 9.17) is 0 Å². The second kappa shape index (κ2) is 8.18. The van der Waals surface area contributed by atoms with Crippen molar-refractivity contribution in [2.75, 3.05) is 32.4 Å². The number of rotatable bonds is 4. The molecule has 1 saturated heterocycles. The summed E-state index contributed by atoms with van der Waals surface area (Å²) >= 11 is 1.54. The third-order valence-corrected chi connectivity index (χ3v) is 7.35. The zero-order valence-corrected chi connectivity index (χ0v) is 17.1. The molecule has 9 heteroatoms. The van der Waals surface area contributed by atoms with Crippen LogP contribution in [0.1, 0.15) is 15.9 Å². The van der Waals surface area contributed by atoms with Crippen LogP contribution >= 0.6 is 11.8 Å². The highest BCUT2D eigenvalue weighted by atomic mass is 32.2. The van der Waals surface area contributed by atoms with Crippen molar-refractivity contribution in [3.63, 3.8) is 0 Å². The lowest BCUT2D eigenvalue weighted by atomic mass is 10.1. The van der Waals surface area contributed by atoms with Crippen LogP contribution in [0.2, 0.25) is 0 Å². The van der Waals surface area contributed by atoms with E-state index in [9.17, 15) is 22.0 Å². The Kier molecular flexibility index (Phi) is 6.07. The monoisotopic (exact) mass is 426 g/mol. The molecule has 0 bridgehead atoms. The predicted octanol–water partition coefficient (Wildman–Crippen LogP) is 3.14. The fraction of sp³-hybridized carbons (Fsp3) is 0.316. The van der Waals surface area contributed by atoms with E-state index in [1.54, 1.807) is 16.7 Å². The van der Waals surface area contributed by atoms with Gasteiger partial charge in [0.15, 0.2) is 11.6 Å². The van der Waals surface area contributed by atoms with Gasteiger partial charge >= 0.3 is 0 Å². The van der Waals surface area contributed by atoms with Gasteiger partial charge in [0.2, 0.25) is 10.0 Å². The Balaban J connectivity index is 1.73. The van der Waals surface area contributed by atoms with Crippen molar-refractivity contribution in [3.8, 4) is 0 Å². The summed E-state index contributed by atoms with van der Waals surface area (Å²) in [4.78, 5) is 15.2. The highest BCUT2D eigenvalue weighted by Crippen LogP contribution is 2.23. The maximum Gasteiger partial charge on any atom is 0.254 e. The highest BCUT2D eigenvalue weighted by Gasteiger charge is 2.31. The molecular formula is C19H20F2N2O3S2. The van der Waals surface area contributed by atoms with Gasteiger partial charge in [-0.3, -0.25) is 4.79 Å². The van der Waals surface area contributed by atoms with Gasteiger partial charge in [0.05, 0.1) is 4.90 Å². The number of piperazine rings is 1. The minimum atomic E-state index is -3.95. The smallest absolute Gasteiger partial charge is 0.254 e. The van der Waals surface area contributed by atoms with Crippen molar-refractivity contribution in [3.05, 3.63) is 59.2 Å². The van der Waals surface area contributed by atoms with Crippen molar-refractivity contribution in [1.29, 1.82) is 0 Å². The van der Waals surface area contributed by atoms with Crippen LogP contribution < -0.4 is 0 Å². The Morgan fingerprint density at radius 1 is 1.00 bits per heavy atom. The van der Waals surface area contributed by atoms with Crippen LogP contribution in [-0.4, -0.2) is 56.0 Å². The predicted molar refractivity (Wildman–Crippen MR) is 104 cm³/mol. The second-order valence-electron chi connectivity index (χ2n) is 6.45. The summed E-state index contributed by atoms with van der Waals surface area (Å²) in [5.74, 6) is -2.45. The van der Waals surface area contributed by atoms with Gasteiger partial charge in [-0.05, 0) is 49.1 Å². The van der Waals surface area contributed by atoms with E-state index in [1.165, 1.54) is 4.31 Å². The van der Waals surface area contributed by atoms with Crippen molar-refractivity contribution >= 4 is 27.7 Å². The molecule has 0 saturated carbocycles. The third-order valence-electron chi connectivity index (χ3n) is 4.73. The molecule has 5 nitrogen and oxygen atoms in total. The van der Waals surface area contributed by atoms with Crippen LogP contribution in [0.25, 0.3) is 0 Å². The zero-order valence-electron chi connectivity index (χ0n) is 15.5. The minimum Gasteiger partial charge on any atom is -0.336 e. The normalized spacial score (nSPS) is 15.6. The number of hydrogen-bond donors (Lipinski definition) is 0. The van der Waals surface area contributed by atoms with Crippen LogP contribution in [-0.2, 0) is 10.0 Å². The first-order valence-corrected chi connectivity index (χ1v) is 11.3. The molecule has 28 heavy (non-hydrogen) atoms. The molecule has 1 heterocycles. The van der Waals surface area contributed by atoms with Gasteiger partial charge < -0.3 is 4.90 Å². The maximum absolute atomic E-state index is 13.4. The van der Waals surface area contributed by atoms with Gasteiger partial charge in [0, 0.05) is 36.6 Å². The lowest BCUT2D eigenvalue weighted by Crippen LogP contribution is -2.50. The van der Waals surface area contributed by atoms with E-state index < -0.39 is 21.7 Å². The Bertz CT molecular complexity index is 1000. The lowest BCUT2D eigenvalue weighted by molar-refractivity contribution is 0.0697. The standard InChI is InChI=1S/C19H20F2N2O3S2/c1-13-3-4-14(27-2)11-16(13)19(24)22-7-9-23(10-8-22)28(25,26)15-5-6-17(20)18(21)12-15/h3-6,11-12H,7-10H2,1-2H3. The number of carbonyl (C=O) groups excluding carboxylic acids is 1. The van der Waals surface area contributed by atoms with Crippen LogP contribution in [0.3, 0.4) is 0 Å². The molecule has 0 radical (unpaired) electrons. The molecule has 2 aromatic carbocycles. The van der Waals surface area contributed by atoms with Gasteiger partial charge in [0.25, 0.3) is 5.91 Å². The molecule has 150 valence electrons. The molecule has 2 aromatic rings. The van der Waals surface area contributed by atoms with Gasteiger partial charge in [-0.2, -0.15) is 4.31 Å². The van der Waals surface area contributed by atoms with Crippen LogP contribution in [0, 0.1) is 18.6 Å². The first kappa shape index (κ1) is 20.8. The summed E-state index contributed by atoms with van der Waals surface area (Å²) in [5, 5.41) is 0. The second-order valence-corrected chi connectivity index (χ2v) is 9.27. The summed E-state index contributed by atoms with van der Waals surface area (Å²) in [6, 6.07) is 8.20. The number of amides is 1. The first-order valence-electron chi connectivity index (χ1n) is 8.63. The van der Waals surface area contributed by atoms with Gasteiger partial charge in [-0.15, -0.1) is 11.8 Å². The molecule has 0 spiro atoms. The highest BCUT2D eigenvalue weighted by molar-refractivity contribution is 7.98. The summed E-state index contributed by atoms with van der Waals surface area (Å²) < 4.78 is 53.0. The third kappa shape index (κ3) is 4.06. The number of aryl methyl sites for hydroxylation is 1. The van der Waals surface area contributed by atoms with Crippen molar-refractivity contribution in [2.45, 2.75) is 16.7 Å². The Morgan fingerprint density at radius 3 is 2.29 bits per heavy atom. The molecular weight excluding hydrogens is 406 g/mol. The van der Waals surface area contributed by atoms with Gasteiger partial charge in [-0.25, -0.2) is 17.2 Å². The van der Waals surface area contributed by atoms with E-state index in [0.717, 1.165) is 22.6 Å². The molecule has 3 rings (SSSR count). The fourth-order valence-electron chi connectivity index (χ4n) is 3.05. The van der Waals surface area contributed by atoms with E-state index in [2.05, 4.69) is 0 Å². The molecule has 0 atom stereocenters. The Morgan fingerprint density at radius 2 is 1.68 bits per heavy atom. The molecule has 0 unspecified atom stereocenters. The number of nitrogens with zero attached hydrogens (tertiary/aromatic N) is 2. The molecule has 1 aliphatic rings. The first-order chi connectivity index (χ1) is 13.2. The van der Waals surface area contributed by atoms with E-state index in [1.807, 2.05) is 31.4 Å². The largest absolute Gasteiger partial charge is 0.336 e. The minimum absolute atomic E-state index is 0.0916. The number of carbonyl (C=O) groups is 1. The van der Waals surface area contributed by atoms with E-state index >= 15 is 0 Å². The van der Waals surface area contributed by atoms with E-state index in [-0.39, 0.29) is 37.0 Å². The molecule has 1 fully saturated rings. The SMILES string of the molecule is CSc1ccc(C)c(C(=O)N2CCN(S(=O)(=O)c3ccc(F)c(F)c3)CC2)c1. The number of sulfonamides is 1. The molecule has 1 aliphatic heterocycles. The average molecular weight is 427 g/mol. The average Bonchev–Trinajstić information content (AvgIpc) is 2.70. The van der Waals surface area contributed by atoms with Crippen LogP contribution in [0.4, 0.5) is 8.78 Å². The van der Waals surface area contributed by atoms with Crippen molar-refractivity contribution < 1.29 is 22.0 Å². The Hall–Kier alpha value is -1.97. The zero-order chi connectivity index (χ0) is 20.5. The molecule has 0 N–H and O–H groups in total. The number of hydrogen-bond acceptors (Lipinski definition) is 4. The number of thioether (sulfide) groups is 1. The molecule has 0 aromatic heterocycles. The fourth-order valence-corrected chi connectivity index (χ4v) is 4.92. The summed E-state index contributed by atoms with van der Waals surface area (Å²) in [6.07, 6.45) is 1.93. The summed E-state index contributed by atoms with van der Waals surface area (Å²) in [6.45, 7) is 2.50. The summed E-state index contributed by atoms with van der Waals surface area (Å²) in [5.41, 5.74) is 1.46. The lowest BCUT2D eigenvalue weighted by Gasteiger charge is -2.34. The van der Waals surface area contributed by atoms with E-state index in [0.29, 0.717) is 11.6 Å².